The van der Waals surface area contributed by atoms with Crippen LogP contribution >= 0.6 is 0 Å². The topological polar surface area (TPSA) is 29.5 Å². The highest BCUT2D eigenvalue weighted by Crippen LogP contribution is 2.39. The number of benzene rings is 2. The molecule has 2 heteroatoms. The van der Waals surface area contributed by atoms with Crippen molar-refractivity contribution in [3.8, 4) is 11.5 Å². The largest absolute Gasteiger partial charge is 0.457 e. The van der Waals surface area contributed by atoms with Gasteiger partial charge in [0, 0.05) is 0 Å². The van der Waals surface area contributed by atoms with Crippen LogP contribution < -0.4 is 4.74 Å². The summed E-state index contributed by atoms with van der Waals surface area (Å²) in [4.78, 5) is 0. The fourth-order valence-electron chi connectivity index (χ4n) is 2.70. The Morgan fingerprint density at radius 3 is 2.53 bits per heavy atom. The number of hydrogen-bond donors (Lipinski definition) is 1. The van der Waals surface area contributed by atoms with Crippen LogP contribution in [-0.4, -0.2) is 5.11 Å². The summed E-state index contributed by atoms with van der Waals surface area (Å²) in [6, 6.07) is 15.8. The molecule has 19 heavy (non-hydrogen) atoms. The number of aliphatic hydroxyl groups is 1. The van der Waals surface area contributed by atoms with E-state index in [0.717, 1.165) is 29.9 Å². The zero-order valence-electron chi connectivity index (χ0n) is 11.0. The van der Waals surface area contributed by atoms with Gasteiger partial charge in [0.25, 0.3) is 0 Å². The molecule has 0 radical (unpaired) electrons. The number of para-hydroxylation sites is 1. The Morgan fingerprint density at radius 1 is 0.947 bits per heavy atom. The third kappa shape index (κ3) is 2.49. The first-order valence-electron chi connectivity index (χ1n) is 6.79. The van der Waals surface area contributed by atoms with Crippen LogP contribution in [-0.2, 0) is 0 Å². The molecule has 3 rings (SSSR count). The van der Waals surface area contributed by atoms with Gasteiger partial charge in [-0.05, 0) is 54.2 Å². The first-order chi connectivity index (χ1) is 9.24. The summed E-state index contributed by atoms with van der Waals surface area (Å²) in [7, 11) is 0. The highest BCUT2D eigenvalue weighted by Gasteiger charge is 2.23. The maximum absolute atomic E-state index is 10.1. The van der Waals surface area contributed by atoms with E-state index in [0.29, 0.717) is 5.92 Å². The van der Waals surface area contributed by atoms with Gasteiger partial charge in [0.1, 0.15) is 11.5 Å². The van der Waals surface area contributed by atoms with Crippen LogP contribution in [0.3, 0.4) is 0 Å². The van der Waals surface area contributed by atoms with Crippen molar-refractivity contribution in [3.05, 3.63) is 59.7 Å². The molecule has 2 nitrogen and oxygen atoms in total. The van der Waals surface area contributed by atoms with Crippen molar-refractivity contribution in [1.82, 2.24) is 0 Å². The molecular weight excluding hydrogens is 236 g/mol. The van der Waals surface area contributed by atoms with E-state index >= 15 is 0 Å². The lowest BCUT2D eigenvalue weighted by molar-refractivity contribution is 0.151. The van der Waals surface area contributed by atoms with Crippen LogP contribution in [0.4, 0.5) is 0 Å². The molecule has 0 aromatic heterocycles. The zero-order valence-corrected chi connectivity index (χ0v) is 11.0. The molecule has 0 spiro atoms. The Balaban J connectivity index is 1.91. The monoisotopic (exact) mass is 254 g/mol. The van der Waals surface area contributed by atoms with Crippen molar-refractivity contribution in [3.63, 3.8) is 0 Å². The number of rotatable bonds is 2. The van der Waals surface area contributed by atoms with Crippen LogP contribution in [0.2, 0.25) is 0 Å². The predicted octanol–water partition coefficient (Wildman–Crippen LogP) is 4.41. The molecule has 2 aromatic rings. The summed E-state index contributed by atoms with van der Waals surface area (Å²) in [5.74, 6) is 2.13. The Hall–Kier alpha value is -1.80. The highest BCUT2D eigenvalue weighted by atomic mass is 16.5. The van der Waals surface area contributed by atoms with Crippen molar-refractivity contribution < 1.29 is 9.84 Å². The van der Waals surface area contributed by atoms with Gasteiger partial charge in [0.2, 0.25) is 0 Å². The van der Waals surface area contributed by atoms with E-state index in [1.165, 1.54) is 5.56 Å². The predicted molar refractivity (Wildman–Crippen MR) is 75.6 cm³/mol. The van der Waals surface area contributed by atoms with E-state index in [1.807, 2.05) is 42.5 Å². The van der Waals surface area contributed by atoms with Gasteiger partial charge in [-0.15, -0.1) is 0 Å². The average Bonchev–Trinajstić information content (AvgIpc) is 2.44. The second-order valence-corrected chi connectivity index (χ2v) is 5.20. The van der Waals surface area contributed by atoms with Crippen LogP contribution in [0.1, 0.15) is 42.9 Å². The van der Waals surface area contributed by atoms with Gasteiger partial charge in [-0.25, -0.2) is 0 Å². The Morgan fingerprint density at radius 2 is 1.74 bits per heavy atom. The molecule has 1 aliphatic rings. The minimum Gasteiger partial charge on any atom is -0.457 e. The van der Waals surface area contributed by atoms with Crippen LogP contribution in [0.5, 0.6) is 11.5 Å². The van der Waals surface area contributed by atoms with E-state index in [-0.39, 0.29) is 6.10 Å². The molecule has 98 valence electrons. The minimum absolute atomic E-state index is 0.356. The third-order valence-electron chi connectivity index (χ3n) is 3.80. The van der Waals surface area contributed by atoms with Gasteiger partial charge in [0.15, 0.2) is 0 Å². The molecule has 1 N–H and O–H groups in total. The standard InChI is InChI=1S/C17H18O2/c1-12-7-10-17(18)16-11-14(8-9-15(12)16)19-13-5-3-2-4-6-13/h2-6,8-9,11-12,17-18H,7,10H2,1H3/t12?,17-/m1/s1. The van der Waals surface area contributed by atoms with E-state index in [1.54, 1.807) is 0 Å². The molecule has 2 aromatic carbocycles. The number of fused-ring (bicyclic) bond motifs is 1. The SMILES string of the molecule is CC1CC[C@@H](O)c2cc(Oc3ccccc3)ccc21. The number of ether oxygens (including phenoxy) is 1. The molecular formula is C17H18O2. The van der Waals surface area contributed by atoms with Crippen molar-refractivity contribution in [2.75, 3.05) is 0 Å². The summed E-state index contributed by atoms with van der Waals surface area (Å²) in [6.45, 7) is 2.21. The van der Waals surface area contributed by atoms with Crippen molar-refractivity contribution >= 4 is 0 Å². The van der Waals surface area contributed by atoms with Crippen LogP contribution in [0.15, 0.2) is 48.5 Å². The van der Waals surface area contributed by atoms with Crippen LogP contribution in [0.25, 0.3) is 0 Å². The fourth-order valence-corrected chi connectivity index (χ4v) is 2.70. The Labute approximate surface area is 113 Å². The summed E-state index contributed by atoms with van der Waals surface area (Å²) in [6.07, 6.45) is 1.53. The van der Waals surface area contributed by atoms with Crippen LogP contribution in [0, 0.1) is 0 Å². The molecule has 1 unspecified atom stereocenters. The normalized spacial score (nSPS) is 21.8. The lowest BCUT2D eigenvalue weighted by Gasteiger charge is -2.27. The van der Waals surface area contributed by atoms with E-state index in [4.69, 9.17) is 4.74 Å². The second-order valence-electron chi connectivity index (χ2n) is 5.20. The summed E-state index contributed by atoms with van der Waals surface area (Å²) < 4.78 is 5.82. The quantitative estimate of drug-likeness (QED) is 0.860. The molecule has 0 fully saturated rings. The number of hydrogen-bond acceptors (Lipinski definition) is 2. The van der Waals surface area contributed by atoms with Crippen molar-refractivity contribution in [2.24, 2.45) is 0 Å². The molecule has 0 amide bonds. The lowest BCUT2D eigenvalue weighted by Crippen LogP contribution is -2.12. The maximum Gasteiger partial charge on any atom is 0.127 e. The van der Waals surface area contributed by atoms with Gasteiger partial charge >= 0.3 is 0 Å². The van der Waals surface area contributed by atoms with Crippen molar-refractivity contribution in [1.29, 1.82) is 0 Å². The second kappa shape index (κ2) is 5.06. The summed E-state index contributed by atoms with van der Waals surface area (Å²) in [5, 5.41) is 10.1. The molecule has 0 saturated carbocycles. The van der Waals surface area contributed by atoms with E-state index in [9.17, 15) is 5.11 Å². The molecule has 0 saturated heterocycles. The van der Waals surface area contributed by atoms with Gasteiger partial charge in [-0.1, -0.05) is 31.2 Å². The minimum atomic E-state index is -0.356. The third-order valence-corrected chi connectivity index (χ3v) is 3.80. The molecule has 0 aliphatic heterocycles. The molecule has 1 aliphatic carbocycles. The fraction of sp³-hybridized carbons (Fsp3) is 0.294. The Bertz CT molecular complexity index is 563. The van der Waals surface area contributed by atoms with E-state index in [2.05, 4.69) is 13.0 Å². The lowest BCUT2D eigenvalue weighted by atomic mass is 9.82. The van der Waals surface area contributed by atoms with Gasteiger partial charge in [0.05, 0.1) is 6.10 Å². The van der Waals surface area contributed by atoms with Gasteiger partial charge in [-0.3, -0.25) is 0 Å². The molecule has 0 bridgehead atoms. The summed E-state index contributed by atoms with van der Waals surface area (Å²) >= 11 is 0. The zero-order chi connectivity index (χ0) is 13.2. The molecule has 0 heterocycles. The Kier molecular flexibility index (Phi) is 3.26. The van der Waals surface area contributed by atoms with Gasteiger partial charge < -0.3 is 9.84 Å². The first kappa shape index (κ1) is 12.2. The van der Waals surface area contributed by atoms with Crippen molar-refractivity contribution in [2.45, 2.75) is 31.8 Å². The van der Waals surface area contributed by atoms with Gasteiger partial charge in [-0.2, -0.15) is 0 Å². The summed E-state index contributed by atoms with van der Waals surface area (Å²) in [5.41, 5.74) is 2.27. The highest BCUT2D eigenvalue weighted by molar-refractivity contribution is 5.42. The first-order valence-corrected chi connectivity index (χ1v) is 6.79. The number of aliphatic hydroxyl groups excluding tert-OH is 1. The average molecular weight is 254 g/mol. The maximum atomic E-state index is 10.1. The van der Waals surface area contributed by atoms with E-state index < -0.39 is 0 Å². The molecule has 2 atom stereocenters. The smallest absolute Gasteiger partial charge is 0.127 e.